The van der Waals surface area contributed by atoms with E-state index in [4.69, 9.17) is 0 Å². The van der Waals surface area contributed by atoms with Crippen LogP contribution in [0.5, 0.6) is 0 Å². The quantitative estimate of drug-likeness (QED) is 0.481. The van der Waals surface area contributed by atoms with E-state index >= 15 is 0 Å². The molecule has 2 aromatic rings. The van der Waals surface area contributed by atoms with Crippen LogP contribution < -0.4 is 40.2 Å². The van der Waals surface area contributed by atoms with E-state index in [1.54, 1.807) is 6.56 Å². The van der Waals surface area contributed by atoms with E-state index in [-0.39, 0.29) is 24.8 Å². The third-order valence-corrected chi connectivity index (χ3v) is 10.7. The Hall–Kier alpha value is -0.857. The Morgan fingerprint density at radius 1 is 1.10 bits per heavy atom. The molecule has 0 amide bonds. The summed E-state index contributed by atoms with van der Waals surface area (Å²) in [6, 6.07) is 13.6. The number of anilines is 2. The molecule has 3 aliphatic rings. The van der Waals surface area contributed by atoms with E-state index < -0.39 is 23.2 Å². The fraction of sp³-hybridized carbons (Fsp3) is 0.200. The topological polar surface area (TPSA) is 3.24 Å². The average Bonchev–Trinajstić information content (AvgIpc) is 3.36. The summed E-state index contributed by atoms with van der Waals surface area (Å²) >= 11 is 3.30. The molecule has 30 heavy (non-hydrogen) atoms. The zero-order chi connectivity index (χ0) is 19.4. The van der Waals surface area contributed by atoms with E-state index in [9.17, 15) is 0 Å². The number of nitrogens with zero attached hydrogens (tertiary/aromatic N) is 1. The summed E-state index contributed by atoms with van der Waals surface area (Å²) in [6.07, 6.45) is 10.4. The molecule has 0 saturated heterocycles. The van der Waals surface area contributed by atoms with Crippen molar-refractivity contribution in [2.75, 3.05) is 4.90 Å². The standard InChI is InChI=1S/C20H17BrN.C5H5.2ClH.Zr/c1-12-9-15-11-18-19(20(21)17(15)10-12)13(2)14(3)22(18)16-7-5-4-6-8-16;1-2-4-5-3-1;;;/h4-9,11,14H,1-3H3;1-3H,4H2;2*1H;/q;;;;+2/p-2. The van der Waals surface area contributed by atoms with Gasteiger partial charge in [-0.05, 0) is 0 Å². The fourth-order valence-electron chi connectivity index (χ4n) is 4.52. The van der Waals surface area contributed by atoms with E-state index in [1.165, 1.54) is 43.0 Å². The molecule has 2 aromatic carbocycles. The Labute approximate surface area is 210 Å². The minimum absolute atomic E-state index is 0. The van der Waals surface area contributed by atoms with Gasteiger partial charge in [-0.1, -0.05) is 0 Å². The maximum Gasteiger partial charge on any atom is -1.00 e. The summed E-state index contributed by atoms with van der Waals surface area (Å²) in [4.78, 5) is 2.49. The number of fused-ring (bicyclic) bond motifs is 2. The van der Waals surface area contributed by atoms with E-state index in [2.05, 4.69) is 102 Å². The van der Waals surface area contributed by atoms with Crippen LogP contribution in [0.15, 0.2) is 68.0 Å². The average molecular weight is 578 g/mol. The second-order valence-electron chi connectivity index (χ2n) is 7.76. The van der Waals surface area contributed by atoms with Crippen LogP contribution in [-0.2, 0) is 23.2 Å². The number of hydrogen-bond donors (Lipinski definition) is 0. The van der Waals surface area contributed by atoms with Crippen LogP contribution >= 0.6 is 15.9 Å². The minimum Gasteiger partial charge on any atom is -1.00 e. The fourth-order valence-corrected chi connectivity index (χ4v) is 9.31. The first-order valence-corrected chi connectivity index (χ1v) is 13.0. The van der Waals surface area contributed by atoms with Crippen LogP contribution in [0.3, 0.4) is 0 Å². The Morgan fingerprint density at radius 3 is 2.50 bits per heavy atom. The van der Waals surface area contributed by atoms with E-state index in [0.29, 0.717) is 6.04 Å². The molecule has 1 atom stereocenters. The van der Waals surface area contributed by atoms with Crippen molar-refractivity contribution in [3.05, 3.63) is 84.0 Å². The van der Waals surface area contributed by atoms with Crippen molar-refractivity contribution in [2.24, 2.45) is 0 Å². The third kappa shape index (κ3) is 3.77. The van der Waals surface area contributed by atoms with Gasteiger partial charge in [0, 0.05) is 0 Å². The number of rotatable bonds is 3. The van der Waals surface area contributed by atoms with Gasteiger partial charge in [0.2, 0.25) is 0 Å². The van der Waals surface area contributed by atoms with Crippen molar-refractivity contribution < 1.29 is 48.0 Å². The molecule has 1 nitrogen and oxygen atoms in total. The number of halogens is 3. The zero-order valence-corrected chi connectivity index (χ0v) is 22.7. The van der Waals surface area contributed by atoms with Gasteiger partial charge in [0.15, 0.2) is 0 Å². The zero-order valence-electron chi connectivity index (χ0n) is 17.1. The molecule has 0 radical (unpaired) electrons. The third-order valence-electron chi connectivity index (χ3n) is 6.05. The predicted molar refractivity (Wildman–Crippen MR) is 119 cm³/mol. The summed E-state index contributed by atoms with van der Waals surface area (Å²) in [5, 5.41) is 2.78. The molecule has 0 bridgehead atoms. The number of benzene rings is 2. The van der Waals surface area contributed by atoms with Crippen molar-refractivity contribution in [1.29, 1.82) is 0 Å². The smallest absolute Gasteiger partial charge is 1.00 e. The van der Waals surface area contributed by atoms with Crippen molar-refractivity contribution in [3.63, 3.8) is 0 Å². The Balaban J connectivity index is 0.00000128. The van der Waals surface area contributed by atoms with E-state index in [0.717, 1.165) is 6.42 Å². The molecule has 0 spiro atoms. The summed E-state index contributed by atoms with van der Waals surface area (Å²) < 4.78 is 4.62. The SMILES string of the molecule is CC1=[C]([Zr+2][C]2=CC=CC2)c2c(Br)c3c(cc2=C1)N(c1ccccc1)C(C)C=3C.[Cl-].[Cl-]. The van der Waals surface area contributed by atoms with Crippen LogP contribution in [0.2, 0.25) is 0 Å². The van der Waals surface area contributed by atoms with Gasteiger partial charge in [-0.3, -0.25) is 0 Å². The van der Waals surface area contributed by atoms with Crippen LogP contribution in [0.1, 0.15) is 32.8 Å². The van der Waals surface area contributed by atoms with Gasteiger partial charge in [0.25, 0.3) is 0 Å². The molecule has 1 unspecified atom stereocenters. The maximum absolute atomic E-state index is 4.06. The normalized spacial score (nSPS) is 18.3. The Morgan fingerprint density at radius 2 is 1.83 bits per heavy atom. The molecule has 1 heterocycles. The number of para-hydroxylation sites is 1. The molecule has 0 fully saturated rings. The Kier molecular flexibility index (Phi) is 7.40. The van der Waals surface area contributed by atoms with Gasteiger partial charge in [-0.25, -0.2) is 0 Å². The van der Waals surface area contributed by atoms with Gasteiger partial charge in [0.05, 0.1) is 0 Å². The summed E-state index contributed by atoms with van der Waals surface area (Å²) in [6.45, 7) is 6.91. The molecule has 5 heteroatoms. The monoisotopic (exact) mass is 575 g/mol. The summed E-state index contributed by atoms with van der Waals surface area (Å²) in [7, 11) is 0. The first-order chi connectivity index (χ1) is 13.6. The molecule has 2 aliphatic carbocycles. The molecule has 5 rings (SSSR count). The predicted octanol–water partition coefficient (Wildman–Crippen LogP) is -0.381. The molecular formula is C25H22BrCl2NZr. The second-order valence-corrected chi connectivity index (χ2v) is 12.0. The van der Waals surface area contributed by atoms with Crippen LogP contribution in [0, 0.1) is 0 Å². The van der Waals surface area contributed by atoms with Crippen LogP contribution in [0.4, 0.5) is 11.4 Å². The number of hydrogen-bond acceptors (Lipinski definition) is 1. The summed E-state index contributed by atoms with van der Waals surface area (Å²) in [5.41, 5.74) is 6.98. The van der Waals surface area contributed by atoms with E-state index in [1.807, 2.05) is 0 Å². The second kappa shape index (κ2) is 9.33. The van der Waals surface area contributed by atoms with Gasteiger partial charge >= 0.3 is 188 Å². The van der Waals surface area contributed by atoms with Gasteiger partial charge in [0.1, 0.15) is 0 Å². The van der Waals surface area contributed by atoms with Crippen molar-refractivity contribution in [3.8, 4) is 0 Å². The van der Waals surface area contributed by atoms with Gasteiger partial charge in [-0.2, -0.15) is 0 Å². The summed E-state index contributed by atoms with van der Waals surface area (Å²) in [5.74, 6) is 0. The maximum atomic E-state index is 4.06. The first-order valence-electron chi connectivity index (χ1n) is 9.79. The van der Waals surface area contributed by atoms with Crippen molar-refractivity contribution >= 4 is 42.2 Å². The molecular weight excluding hydrogens is 556 g/mol. The molecule has 0 aromatic heterocycles. The molecule has 1 aliphatic heterocycles. The van der Waals surface area contributed by atoms with Gasteiger partial charge in [-0.15, -0.1) is 0 Å². The minimum atomic E-state index is -0.757. The van der Waals surface area contributed by atoms with Crippen LogP contribution in [-0.4, -0.2) is 6.04 Å². The molecule has 152 valence electrons. The van der Waals surface area contributed by atoms with Crippen molar-refractivity contribution in [2.45, 2.75) is 33.2 Å². The van der Waals surface area contributed by atoms with Crippen LogP contribution in [0.25, 0.3) is 14.9 Å². The largest absolute Gasteiger partial charge is 1.00 e. The first kappa shape index (κ1) is 23.8. The molecule has 0 N–H and O–H groups in total. The molecule has 0 saturated carbocycles. The number of allylic oxidation sites excluding steroid dienone is 5. The Bertz CT molecular complexity index is 1210. The van der Waals surface area contributed by atoms with Crippen molar-refractivity contribution in [1.82, 2.24) is 0 Å². The van der Waals surface area contributed by atoms with Gasteiger partial charge < -0.3 is 24.8 Å².